The molecule has 2 heterocycles. The fourth-order valence-corrected chi connectivity index (χ4v) is 3.42. The zero-order chi connectivity index (χ0) is 14.2. The van der Waals surface area contributed by atoms with Crippen LogP contribution in [0.25, 0.3) is 0 Å². The molecule has 0 radical (unpaired) electrons. The summed E-state index contributed by atoms with van der Waals surface area (Å²) in [5.41, 5.74) is 1.16. The molecule has 0 bridgehead atoms. The average Bonchev–Trinajstić information content (AvgIpc) is 2.84. The molecule has 0 atom stereocenters. The van der Waals surface area contributed by atoms with Crippen molar-refractivity contribution < 1.29 is 4.79 Å². The van der Waals surface area contributed by atoms with Gasteiger partial charge in [0.2, 0.25) is 5.91 Å². The van der Waals surface area contributed by atoms with Gasteiger partial charge >= 0.3 is 0 Å². The number of carbonyl (C=O) groups is 1. The molecule has 112 valence electrons. The molecule has 2 rings (SSSR count). The number of hydrogen-bond acceptors (Lipinski definition) is 4. The fourth-order valence-electron chi connectivity index (χ4n) is 2.43. The summed E-state index contributed by atoms with van der Waals surface area (Å²) in [7, 11) is 0. The molecule has 0 spiro atoms. The first-order valence-electron chi connectivity index (χ1n) is 7.78. The molecule has 0 aliphatic carbocycles. The Morgan fingerprint density at radius 1 is 1.30 bits per heavy atom. The first kappa shape index (κ1) is 15.4. The lowest BCUT2D eigenvalue weighted by Gasteiger charge is -2.09. The Balaban J connectivity index is 1.65. The molecule has 4 nitrogen and oxygen atoms in total. The molecule has 1 aliphatic heterocycles. The minimum Gasteiger partial charge on any atom is -0.311 e. The van der Waals surface area contributed by atoms with E-state index < -0.39 is 0 Å². The van der Waals surface area contributed by atoms with Gasteiger partial charge < -0.3 is 10.6 Å². The Morgan fingerprint density at radius 3 is 2.90 bits per heavy atom. The number of amides is 1. The number of hydrogen-bond donors (Lipinski definition) is 2. The van der Waals surface area contributed by atoms with Crippen molar-refractivity contribution in [2.24, 2.45) is 0 Å². The van der Waals surface area contributed by atoms with Crippen molar-refractivity contribution in [3.05, 3.63) is 10.6 Å². The lowest BCUT2D eigenvalue weighted by Crippen LogP contribution is -2.22. The highest BCUT2D eigenvalue weighted by molar-refractivity contribution is 7.15. The zero-order valence-corrected chi connectivity index (χ0v) is 13.2. The monoisotopic (exact) mass is 295 g/mol. The maximum atomic E-state index is 11.9. The van der Waals surface area contributed by atoms with Crippen LogP contribution in [0.5, 0.6) is 0 Å². The Hall–Kier alpha value is -0.940. The van der Waals surface area contributed by atoms with Gasteiger partial charge in [-0.3, -0.25) is 4.79 Å². The van der Waals surface area contributed by atoms with Gasteiger partial charge in [-0.2, -0.15) is 0 Å². The van der Waals surface area contributed by atoms with Crippen LogP contribution in [0.3, 0.4) is 0 Å². The highest BCUT2D eigenvalue weighted by Gasteiger charge is 2.15. The van der Waals surface area contributed by atoms with Crippen LogP contribution < -0.4 is 10.6 Å². The minimum absolute atomic E-state index is 0.111. The van der Waals surface area contributed by atoms with E-state index in [0.29, 0.717) is 6.42 Å². The predicted molar refractivity (Wildman–Crippen MR) is 84.1 cm³/mol. The number of aromatic nitrogens is 1. The van der Waals surface area contributed by atoms with Crippen LogP contribution in [0.2, 0.25) is 0 Å². The van der Waals surface area contributed by atoms with Crippen LogP contribution >= 0.6 is 11.3 Å². The van der Waals surface area contributed by atoms with Gasteiger partial charge in [-0.15, -0.1) is 11.3 Å². The van der Waals surface area contributed by atoms with Gasteiger partial charge in [0, 0.05) is 30.8 Å². The summed E-state index contributed by atoms with van der Waals surface area (Å²) in [6.45, 7) is 4.10. The Bertz CT molecular complexity index is 407. The number of unbranched alkanes of at least 4 members (excludes halogenated alkanes) is 5. The second-order valence-corrected chi connectivity index (χ2v) is 6.47. The Morgan fingerprint density at radius 2 is 2.10 bits per heavy atom. The molecule has 0 saturated carbocycles. The number of anilines is 1. The first-order valence-corrected chi connectivity index (χ1v) is 8.60. The minimum atomic E-state index is 0.111. The predicted octanol–water partition coefficient (Wildman–Crippen LogP) is 3.48. The molecular formula is C15H25N3OS. The molecule has 1 aromatic rings. The third-order valence-corrected chi connectivity index (χ3v) is 4.62. The average molecular weight is 295 g/mol. The lowest BCUT2D eigenvalue weighted by molar-refractivity contribution is -0.116. The highest BCUT2D eigenvalue weighted by atomic mass is 32.1. The van der Waals surface area contributed by atoms with Crippen LogP contribution in [-0.4, -0.2) is 17.4 Å². The normalized spacial score (nSPS) is 14.1. The topological polar surface area (TPSA) is 54.0 Å². The summed E-state index contributed by atoms with van der Waals surface area (Å²) in [5.74, 6) is 0.111. The van der Waals surface area contributed by atoms with Gasteiger partial charge in [-0.1, -0.05) is 39.0 Å². The quantitative estimate of drug-likeness (QED) is 0.722. The van der Waals surface area contributed by atoms with Gasteiger partial charge in [0.1, 0.15) is 0 Å². The lowest BCUT2D eigenvalue weighted by atomic mass is 10.1. The number of nitrogens with one attached hydrogen (secondary N) is 2. The number of thiazole rings is 1. The molecular weight excluding hydrogens is 270 g/mol. The van der Waals surface area contributed by atoms with Crippen LogP contribution in [0, 0.1) is 0 Å². The van der Waals surface area contributed by atoms with Crippen LogP contribution in [0.4, 0.5) is 5.13 Å². The molecule has 1 aromatic heterocycles. The molecule has 0 saturated heterocycles. The van der Waals surface area contributed by atoms with E-state index in [4.69, 9.17) is 0 Å². The van der Waals surface area contributed by atoms with Crippen molar-refractivity contribution in [3.63, 3.8) is 0 Å². The third kappa shape index (κ3) is 4.87. The molecule has 1 aliphatic rings. The van der Waals surface area contributed by atoms with Crippen molar-refractivity contribution >= 4 is 22.4 Å². The van der Waals surface area contributed by atoms with Crippen molar-refractivity contribution in [3.8, 4) is 0 Å². The Labute approximate surface area is 125 Å². The van der Waals surface area contributed by atoms with E-state index in [1.165, 1.54) is 30.6 Å². The molecule has 2 N–H and O–H groups in total. The molecule has 0 fully saturated rings. The van der Waals surface area contributed by atoms with Gasteiger partial charge in [0.25, 0.3) is 0 Å². The van der Waals surface area contributed by atoms with E-state index in [1.807, 2.05) is 0 Å². The van der Waals surface area contributed by atoms with Crippen molar-refractivity contribution in [1.29, 1.82) is 0 Å². The van der Waals surface area contributed by atoms with Crippen molar-refractivity contribution in [2.75, 3.05) is 11.9 Å². The number of carbonyl (C=O) groups excluding carboxylic acids is 1. The second-order valence-electron chi connectivity index (χ2n) is 5.38. The molecule has 20 heavy (non-hydrogen) atoms. The maximum Gasteiger partial charge on any atom is 0.226 e. The first-order chi connectivity index (χ1) is 9.79. The molecule has 0 unspecified atom stereocenters. The van der Waals surface area contributed by atoms with E-state index in [9.17, 15) is 4.79 Å². The number of rotatable bonds is 8. The smallest absolute Gasteiger partial charge is 0.226 e. The number of fused-ring (bicyclic) bond motifs is 1. The van der Waals surface area contributed by atoms with E-state index >= 15 is 0 Å². The summed E-state index contributed by atoms with van der Waals surface area (Å²) in [5, 5.41) is 7.04. The SMILES string of the molecule is CCCCCCCCC(=O)Nc1nc2c(s1)CNCC2. The van der Waals surface area contributed by atoms with Gasteiger partial charge in [0.05, 0.1) is 5.69 Å². The van der Waals surface area contributed by atoms with E-state index in [2.05, 4.69) is 22.5 Å². The third-order valence-electron chi connectivity index (χ3n) is 3.61. The maximum absolute atomic E-state index is 11.9. The number of nitrogens with zero attached hydrogens (tertiary/aromatic N) is 1. The molecule has 5 heteroatoms. The second kappa shape index (κ2) is 8.37. The summed E-state index contributed by atoms with van der Waals surface area (Å²) in [6, 6.07) is 0. The largest absolute Gasteiger partial charge is 0.311 e. The van der Waals surface area contributed by atoms with Gasteiger partial charge in [0.15, 0.2) is 5.13 Å². The molecule has 0 aromatic carbocycles. The van der Waals surface area contributed by atoms with Crippen molar-refractivity contribution in [1.82, 2.24) is 10.3 Å². The van der Waals surface area contributed by atoms with Crippen LogP contribution in [0.15, 0.2) is 0 Å². The fraction of sp³-hybridized carbons (Fsp3) is 0.733. The van der Waals surface area contributed by atoms with Crippen molar-refractivity contribution in [2.45, 2.75) is 64.8 Å². The van der Waals surface area contributed by atoms with E-state index in [1.54, 1.807) is 11.3 Å². The van der Waals surface area contributed by atoms with E-state index in [0.717, 1.165) is 43.2 Å². The standard InChI is InChI=1S/C15H25N3OS/c1-2-3-4-5-6-7-8-14(19)18-15-17-12-9-10-16-11-13(12)20-15/h16H,2-11H2,1H3,(H,17,18,19). The van der Waals surface area contributed by atoms with Crippen LogP contribution in [-0.2, 0) is 17.8 Å². The summed E-state index contributed by atoms with van der Waals surface area (Å²) in [4.78, 5) is 17.6. The van der Waals surface area contributed by atoms with E-state index in [-0.39, 0.29) is 5.91 Å². The Kier molecular flexibility index (Phi) is 6.47. The highest BCUT2D eigenvalue weighted by Crippen LogP contribution is 2.25. The van der Waals surface area contributed by atoms with Gasteiger partial charge in [-0.05, 0) is 6.42 Å². The summed E-state index contributed by atoms with van der Waals surface area (Å²) < 4.78 is 0. The summed E-state index contributed by atoms with van der Waals surface area (Å²) >= 11 is 1.61. The van der Waals surface area contributed by atoms with Crippen LogP contribution in [0.1, 0.15) is 62.4 Å². The van der Waals surface area contributed by atoms with Gasteiger partial charge in [-0.25, -0.2) is 4.98 Å². The molecule has 1 amide bonds. The zero-order valence-electron chi connectivity index (χ0n) is 12.3. The summed E-state index contributed by atoms with van der Waals surface area (Å²) in [6.07, 6.45) is 8.86.